The fourth-order valence-corrected chi connectivity index (χ4v) is 8.70. The third kappa shape index (κ3) is 4.92. The highest BCUT2D eigenvalue weighted by atomic mass is 19.1. The number of likely N-dealkylation sites (tertiary alicyclic amines) is 1. The molecule has 4 aromatic rings. The molecule has 0 amide bonds. The Morgan fingerprint density at radius 3 is 2.79 bits per heavy atom. The Balaban J connectivity index is 1.32. The van der Waals surface area contributed by atoms with Gasteiger partial charge in [0.15, 0.2) is 5.82 Å². The van der Waals surface area contributed by atoms with E-state index < -0.39 is 11.6 Å². The Morgan fingerprint density at radius 1 is 1.13 bits per heavy atom. The van der Waals surface area contributed by atoms with Crippen LogP contribution in [0.15, 0.2) is 24.3 Å². The van der Waals surface area contributed by atoms with Crippen LogP contribution in [0.25, 0.3) is 32.9 Å². The number of anilines is 1. The van der Waals surface area contributed by atoms with Gasteiger partial charge in [-0.15, -0.1) is 6.42 Å². The van der Waals surface area contributed by atoms with Gasteiger partial charge in [0, 0.05) is 41.4 Å². The fourth-order valence-electron chi connectivity index (χ4n) is 8.70. The number of benzene rings is 2. The monoisotopic (exact) mass is 641 g/mol. The summed E-state index contributed by atoms with van der Waals surface area (Å²) in [5.41, 5.74) is -0.174. The molecule has 2 bridgehead atoms. The van der Waals surface area contributed by atoms with E-state index >= 15 is 4.39 Å². The Morgan fingerprint density at radius 2 is 1.98 bits per heavy atom. The fraction of sp³-hybridized carbons (Fsp3) is 0.472. The maximum Gasteiger partial charge on any atom is 0.319 e. The van der Waals surface area contributed by atoms with Gasteiger partial charge in [-0.05, 0) is 69.3 Å². The normalized spacial score (nSPS) is 25.7. The van der Waals surface area contributed by atoms with Crippen molar-refractivity contribution in [3.05, 3.63) is 41.5 Å². The number of phenolic OH excluding ortho intramolecular Hbond substituents is 1. The van der Waals surface area contributed by atoms with Crippen LogP contribution in [0.2, 0.25) is 0 Å². The first-order chi connectivity index (χ1) is 22.8. The van der Waals surface area contributed by atoms with Gasteiger partial charge in [-0.3, -0.25) is 0 Å². The summed E-state index contributed by atoms with van der Waals surface area (Å²) in [7, 11) is 3.63. The van der Waals surface area contributed by atoms with Crippen molar-refractivity contribution in [2.75, 3.05) is 51.9 Å². The number of fused-ring (bicyclic) bond motifs is 5. The van der Waals surface area contributed by atoms with E-state index in [0.717, 1.165) is 45.1 Å². The van der Waals surface area contributed by atoms with E-state index in [1.807, 2.05) is 0 Å². The number of methoxy groups -OCH3 is 1. The van der Waals surface area contributed by atoms with E-state index in [0.29, 0.717) is 54.9 Å². The molecule has 11 heteroatoms. The molecule has 0 radical (unpaired) electrons. The number of phenols is 1. The number of halogens is 2. The quantitative estimate of drug-likeness (QED) is 0.267. The average molecular weight is 642 g/mol. The third-order valence-electron chi connectivity index (χ3n) is 10.8. The highest BCUT2D eigenvalue weighted by molar-refractivity contribution is 6.04. The predicted octanol–water partition coefficient (Wildman–Crippen LogP) is 5.69. The number of aromatic hydroxyl groups is 1. The van der Waals surface area contributed by atoms with Crippen LogP contribution in [0.3, 0.4) is 0 Å². The average Bonchev–Trinajstić information content (AvgIpc) is 3.66. The van der Waals surface area contributed by atoms with Crippen LogP contribution in [-0.4, -0.2) is 84.1 Å². The van der Waals surface area contributed by atoms with Gasteiger partial charge in [0.1, 0.15) is 34.0 Å². The molecule has 9 nitrogen and oxygen atoms in total. The smallest absolute Gasteiger partial charge is 0.319 e. The highest BCUT2D eigenvalue weighted by Crippen LogP contribution is 2.48. The van der Waals surface area contributed by atoms with Crippen LogP contribution in [-0.2, 0) is 4.74 Å². The lowest BCUT2D eigenvalue weighted by atomic mass is 9.76. The number of hydrogen-bond donors (Lipinski definition) is 1. The van der Waals surface area contributed by atoms with Crippen molar-refractivity contribution in [2.45, 2.75) is 50.7 Å². The molecule has 4 unspecified atom stereocenters. The number of piperidine rings is 2. The van der Waals surface area contributed by atoms with Gasteiger partial charge < -0.3 is 29.1 Å². The van der Waals surface area contributed by atoms with Crippen molar-refractivity contribution in [2.24, 2.45) is 11.3 Å². The van der Waals surface area contributed by atoms with Crippen LogP contribution in [0.5, 0.6) is 17.6 Å². The standard InChI is InChI=1S/C36H37F2N5O4/c1-4-24-26(37)9-8-21-14-22(44)15-25(28(21)24)31-30(38)32-29(34(39-31)45-3)33(43-16-20-13-23(17-43)46-18-20)41-35(40-32)47-19-36-10-5-7-27(36)42(2)12-6-11-36/h1,8-9,14-15,20,23,27,44H,5-7,10-13,16-19H2,2-3H3. The lowest BCUT2D eigenvalue weighted by Gasteiger charge is -2.44. The molecule has 8 rings (SSSR count). The Hall–Kier alpha value is -4.27. The Labute approximate surface area is 271 Å². The number of terminal acetylenes is 1. The second kappa shape index (κ2) is 11.5. The summed E-state index contributed by atoms with van der Waals surface area (Å²) in [6.07, 6.45) is 12.2. The molecule has 47 heavy (non-hydrogen) atoms. The summed E-state index contributed by atoms with van der Waals surface area (Å²) < 4.78 is 50.3. The molecule has 244 valence electrons. The SMILES string of the molecule is C#Cc1c(F)ccc2cc(O)cc(-c3nc(OC)c4c(N5CC6COC(C6)C5)nc(OCC56CCCC5N(C)CCC6)nc4c3F)c12. The van der Waals surface area contributed by atoms with Gasteiger partial charge in [0.25, 0.3) is 0 Å². The molecule has 4 atom stereocenters. The molecule has 2 aromatic heterocycles. The first kappa shape index (κ1) is 30.1. The van der Waals surface area contributed by atoms with Crippen molar-refractivity contribution in [1.29, 1.82) is 0 Å². The zero-order chi connectivity index (χ0) is 32.4. The van der Waals surface area contributed by atoms with E-state index in [4.69, 9.17) is 25.6 Å². The summed E-state index contributed by atoms with van der Waals surface area (Å²) in [6.45, 7) is 3.41. The minimum atomic E-state index is -0.779. The first-order valence-corrected chi connectivity index (χ1v) is 16.4. The van der Waals surface area contributed by atoms with E-state index in [1.54, 1.807) is 0 Å². The van der Waals surface area contributed by atoms with Crippen molar-refractivity contribution in [3.63, 3.8) is 0 Å². The van der Waals surface area contributed by atoms with Gasteiger partial charge >= 0.3 is 6.01 Å². The van der Waals surface area contributed by atoms with Crippen LogP contribution in [0, 0.1) is 35.3 Å². The summed E-state index contributed by atoms with van der Waals surface area (Å²) >= 11 is 0. The molecule has 4 aliphatic rings. The maximum atomic E-state index is 17.1. The van der Waals surface area contributed by atoms with Crippen molar-refractivity contribution in [1.82, 2.24) is 19.9 Å². The van der Waals surface area contributed by atoms with Crippen molar-refractivity contribution in [3.8, 4) is 41.2 Å². The van der Waals surface area contributed by atoms with Gasteiger partial charge in [0.2, 0.25) is 5.88 Å². The molecule has 5 heterocycles. The zero-order valence-corrected chi connectivity index (χ0v) is 26.6. The summed E-state index contributed by atoms with van der Waals surface area (Å²) in [6, 6.07) is 5.99. The first-order valence-electron chi connectivity index (χ1n) is 16.4. The van der Waals surface area contributed by atoms with Gasteiger partial charge in [-0.2, -0.15) is 9.97 Å². The molecule has 0 spiro atoms. The second-order valence-corrected chi connectivity index (χ2v) is 13.6. The number of rotatable bonds is 6. The van der Waals surface area contributed by atoms with Crippen LogP contribution < -0.4 is 14.4 Å². The van der Waals surface area contributed by atoms with Crippen molar-refractivity contribution >= 4 is 27.5 Å². The van der Waals surface area contributed by atoms with E-state index in [9.17, 15) is 9.50 Å². The highest BCUT2D eigenvalue weighted by Gasteiger charge is 2.47. The third-order valence-corrected chi connectivity index (χ3v) is 10.8. The molecule has 3 saturated heterocycles. The molecule has 1 aliphatic carbocycles. The van der Waals surface area contributed by atoms with Gasteiger partial charge in [-0.25, -0.2) is 13.8 Å². The van der Waals surface area contributed by atoms with E-state index in [1.165, 1.54) is 31.4 Å². The zero-order valence-electron chi connectivity index (χ0n) is 26.6. The number of hydrogen-bond acceptors (Lipinski definition) is 9. The molecule has 3 aliphatic heterocycles. The van der Waals surface area contributed by atoms with Gasteiger partial charge in [0.05, 0.1) is 32.0 Å². The number of pyridine rings is 1. The summed E-state index contributed by atoms with van der Waals surface area (Å²) in [5.74, 6) is 1.70. The maximum absolute atomic E-state index is 17.1. The predicted molar refractivity (Wildman–Crippen MR) is 174 cm³/mol. The molecule has 2 aromatic carbocycles. The van der Waals surface area contributed by atoms with Gasteiger partial charge in [-0.1, -0.05) is 18.4 Å². The number of ether oxygens (including phenoxy) is 3. The van der Waals surface area contributed by atoms with Crippen LogP contribution in [0.4, 0.5) is 14.6 Å². The Bertz CT molecular complexity index is 1940. The molecular formula is C36H37F2N5O4. The lowest BCUT2D eigenvalue weighted by Crippen LogP contribution is -2.50. The molecular weight excluding hydrogens is 604 g/mol. The van der Waals surface area contributed by atoms with Crippen LogP contribution in [0.1, 0.15) is 44.1 Å². The second-order valence-electron chi connectivity index (χ2n) is 13.6. The number of nitrogens with zero attached hydrogens (tertiary/aromatic N) is 5. The van der Waals surface area contributed by atoms with E-state index in [2.05, 4.69) is 32.7 Å². The molecule has 1 saturated carbocycles. The van der Waals surface area contributed by atoms with Crippen molar-refractivity contribution < 1.29 is 28.1 Å². The minimum Gasteiger partial charge on any atom is -0.508 e. The largest absolute Gasteiger partial charge is 0.508 e. The number of aromatic nitrogens is 3. The van der Waals surface area contributed by atoms with Crippen LogP contribution >= 0.6 is 0 Å². The summed E-state index contributed by atoms with van der Waals surface area (Å²) in [4.78, 5) is 18.7. The van der Waals surface area contributed by atoms with E-state index in [-0.39, 0.29) is 56.9 Å². The topological polar surface area (TPSA) is 93.1 Å². The molecule has 4 fully saturated rings. The minimum absolute atomic E-state index is 0.0145. The lowest BCUT2D eigenvalue weighted by molar-refractivity contribution is 0.0133. The summed E-state index contributed by atoms with van der Waals surface area (Å²) in [5, 5.41) is 11.6. The molecule has 1 N–H and O–H groups in total. The Kier molecular flexibility index (Phi) is 7.33.